The summed E-state index contributed by atoms with van der Waals surface area (Å²) in [5.41, 5.74) is 0.592. The van der Waals surface area contributed by atoms with E-state index in [2.05, 4.69) is 15.9 Å². The minimum Gasteiger partial charge on any atom is -0.495 e. The molecule has 2 nitrogen and oxygen atoms in total. The summed E-state index contributed by atoms with van der Waals surface area (Å²) in [6, 6.07) is 3.37. The van der Waals surface area contributed by atoms with Gasteiger partial charge in [-0.1, -0.05) is 45.2 Å². The van der Waals surface area contributed by atoms with Gasteiger partial charge in [-0.3, -0.25) is 0 Å². The zero-order chi connectivity index (χ0) is 10.7. The van der Waals surface area contributed by atoms with E-state index in [9.17, 15) is 5.11 Å². The minimum atomic E-state index is -0.661. The summed E-state index contributed by atoms with van der Waals surface area (Å²) in [6.45, 7) is 0. The van der Waals surface area contributed by atoms with Crippen LogP contribution in [0.2, 0.25) is 10.0 Å². The molecule has 14 heavy (non-hydrogen) atoms. The average Bonchev–Trinajstić information content (AvgIpc) is 2.21. The van der Waals surface area contributed by atoms with E-state index in [1.54, 1.807) is 12.1 Å². The topological polar surface area (TPSA) is 29.5 Å². The van der Waals surface area contributed by atoms with E-state index in [4.69, 9.17) is 27.9 Å². The summed E-state index contributed by atoms with van der Waals surface area (Å²) >= 11 is 15.0. The highest BCUT2D eigenvalue weighted by molar-refractivity contribution is 9.09. The zero-order valence-electron chi connectivity index (χ0n) is 7.43. The highest BCUT2D eigenvalue weighted by atomic mass is 79.9. The predicted octanol–water partition coefficient (Wildman–Crippen LogP) is 3.43. The highest BCUT2D eigenvalue weighted by Crippen LogP contribution is 2.37. The Balaban J connectivity index is 3.17. The average molecular weight is 300 g/mol. The summed E-state index contributed by atoms with van der Waals surface area (Å²) in [4.78, 5) is 0. The summed E-state index contributed by atoms with van der Waals surface area (Å²) in [7, 11) is 1.51. The minimum absolute atomic E-state index is 0.326. The van der Waals surface area contributed by atoms with Crippen LogP contribution in [0.3, 0.4) is 0 Å². The van der Waals surface area contributed by atoms with Gasteiger partial charge in [0.15, 0.2) is 0 Å². The standard InChI is InChI=1S/C9H9BrCl2O2/c1-14-7-3-2-5(6(13)4-10)8(11)9(7)12/h2-3,6,13H,4H2,1H3. The lowest BCUT2D eigenvalue weighted by Gasteiger charge is -2.12. The van der Waals surface area contributed by atoms with Crippen LogP contribution in [0, 0.1) is 0 Å². The molecule has 1 aromatic rings. The van der Waals surface area contributed by atoms with Crippen molar-refractivity contribution in [3.05, 3.63) is 27.7 Å². The normalized spacial score (nSPS) is 12.6. The second-order valence-corrected chi connectivity index (χ2v) is 4.06. The first kappa shape index (κ1) is 12.1. The van der Waals surface area contributed by atoms with Crippen molar-refractivity contribution >= 4 is 39.1 Å². The molecule has 0 spiro atoms. The van der Waals surface area contributed by atoms with Gasteiger partial charge in [0.2, 0.25) is 0 Å². The molecule has 1 aromatic carbocycles. The second-order valence-electron chi connectivity index (χ2n) is 2.66. The molecule has 1 rings (SSSR count). The van der Waals surface area contributed by atoms with Crippen LogP contribution in [0.15, 0.2) is 12.1 Å². The van der Waals surface area contributed by atoms with Crippen LogP contribution in [0.5, 0.6) is 5.75 Å². The molecule has 0 aliphatic heterocycles. The lowest BCUT2D eigenvalue weighted by molar-refractivity contribution is 0.205. The first-order chi connectivity index (χ1) is 6.61. The number of alkyl halides is 1. The van der Waals surface area contributed by atoms with Crippen LogP contribution in [0.1, 0.15) is 11.7 Å². The molecule has 0 saturated carbocycles. The third-order valence-electron chi connectivity index (χ3n) is 1.80. The Morgan fingerprint density at radius 1 is 1.43 bits per heavy atom. The third kappa shape index (κ3) is 2.34. The van der Waals surface area contributed by atoms with Crippen molar-refractivity contribution in [2.24, 2.45) is 0 Å². The summed E-state index contributed by atoms with van der Waals surface area (Å²) in [5.74, 6) is 0.502. The molecule has 0 bridgehead atoms. The summed E-state index contributed by atoms with van der Waals surface area (Å²) in [5, 5.41) is 10.6. The predicted molar refractivity (Wildman–Crippen MR) is 61.8 cm³/mol. The van der Waals surface area contributed by atoms with Crippen molar-refractivity contribution in [1.29, 1.82) is 0 Å². The Hall–Kier alpha value is 0.0400. The van der Waals surface area contributed by atoms with E-state index < -0.39 is 6.10 Å². The van der Waals surface area contributed by atoms with Gasteiger partial charge in [-0.2, -0.15) is 0 Å². The molecule has 78 valence electrons. The molecule has 0 aliphatic carbocycles. The first-order valence-corrected chi connectivity index (χ1v) is 5.75. The monoisotopic (exact) mass is 298 g/mol. The maximum Gasteiger partial charge on any atom is 0.139 e. The lowest BCUT2D eigenvalue weighted by Crippen LogP contribution is -2.00. The molecule has 0 radical (unpaired) electrons. The van der Waals surface area contributed by atoms with E-state index in [0.717, 1.165) is 0 Å². The molecule has 0 saturated heterocycles. The number of aliphatic hydroxyl groups excluding tert-OH is 1. The van der Waals surface area contributed by atoms with Gasteiger partial charge in [0, 0.05) is 10.9 Å². The van der Waals surface area contributed by atoms with E-state index in [0.29, 0.717) is 26.7 Å². The van der Waals surface area contributed by atoms with Gasteiger partial charge in [0.1, 0.15) is 10.8 Å². The molecule has 1 atom stereocenters. The number of hydrogen-bond donors (Lipinski definition) is 1. The molecule has 1 N–H and O–H groups in total. The molecule has 0 heterocycles. The van der Waals surface area contributed by atoms with Crippen LogP contribution in [-0.2, 0) is 0 Å². The number of aliphatic hydroxyl groups is 1. The van der Waals surface area contributed by atoms with Gasteiger partial charge >= 0.3 is 0 Å². The van der Waals surface area contributed by atoms with Crippen LogP contribution >= 0.6 is 39.1 Å². The summed E-state index contributed by atoms with van der Waals surface area (Å²) in [6.07, 6.45) is -0.661. The Morgan fingerprint density at radius 2 is 2.07 bits per heavy atom. The van der Waals surface area contributed by atoms with Gasteiger partial charge in [-0.25, -0.2) is 0 Å². The van der Waals surface area contributed by atoms with E-state index >= 15 is 0 Å². The van der Waals surface area contributed by atoms with E-state index in [1.165, 1.54) is 7.11 Å². The van der Waals surface area contributed by atoms with Crippen molar-refractivity contribution in [2.45, 2.75) is 6.10 Å². The van der Waals surface area contributed by atoms with Crippen molar-refractivity contribution in [3.8, 4) is 5.75 Å². The quantitative estimate of drug-likeness (QED) is 0.867. The van der Waals surface area contributed by atoms with Gasteiger partial charge in [-0.15, -0.1) is 0 Å². The van der Waals surface area contributed by atoms with Crippen LogP contribution in [0.4, 0.5) is 0 Å². The SMILES string of the molecule is COc1ccc(C(O)CBr)c(Cl)c1Cl. The lowest BCUT2D eigenvalue weighted by atomic mass is 10.1. The van der Waals surface area contributed by atoms with Crippen molar-refractivity contribution < 1.29 is 9.84 Å². The van der Waals surface area contributed by atoms with Crippen molar-refractivity contribution in [3.63, 3.8) is 0 Å². The number of benzene rings is 1. The number of halogens is 3. The molecular weight excluding hydrogens is 291 g/mol. The second kappa shape index (κ2) is 5.21. The van der Waals surface area contributed by atoms with Crippen molar-refractivity contribution in [1.82, 2.24) is 0 Å². The van der Waals surface area contributed by atoms with Gasteiger partial charge in [-0.05, 0) is 6.07 Å². The molecule has 0 fully saturated rings. The highest BCUT2D eigenvalue weighted by Gasteiger charge is 2.15. The largest absolute Gasteiger partial charge is 0.495 e. The number of methoxy groups -OCH3 is 1. The van der Waals surface area contributed by atoms with E-state index in [1.807, 2.05) is 0 Å². The Kier molecular flexibility index (Phi) is 4.51. The molecule has 5 heteroatoms. The van der Waals surface area contributed by atoms with Crippen LogP contribution < -0.4 is 4.74 Å². The Morgan fingerprint density at radius 3 is 2.57 bits per heavy atom. The fourth-order valence-corrected chi connectivity index (χ4v) is 1.92. The Labute approximate surface area is 101 Å². The molecular formula is C9H9BrCl2O2. The maximum atomic E-state index is 9.57. The third-order valence-corrected chi connectivity index (χ3v) is 3.29. The van der Waals surface area contributed by atoms with E-state index in [-0.39, 0.29) is 0 Å². The van der Waals surface area contributed by atoms with Crippen LogP contribution in [-0.4, -0.2) is 17.5 Å². The van der Waals surface area contributed by atoms with Gasteiger partial charge < -0.3 is 9.84 Å². The molecule has 0 aromatic heterocycles. The summed E-state index contributed by atoms with van der Waals surface area (Å²) < 4.78 is 4.98. The maximum absolute atomic E-state index is 9.57. The zero-order valence-corrected chi connectivity index (χ0v) is 10.5. The smallest absolute Gasteiger partial charge is 0.139 e. The molecule has 0 amide bonds. The van der Waals surface area contributed by atoms with Gasteiger partial charge in [0.25, 0.3) is 0 Å². The fourth-order valence-electron chi connectivity index (χ4n) is 1.04. The number of ether oxygens (including phenoxy) is 1. The molecule has 1 unspecified atom stereocenters. The first-order valence-electron chi connectivity index (χ1n) is 3.87. The van der Waals surface area contributed by atoms with Crippen molar-refractivity contribution in [2.75, 3.05) is 12.4 Å². The molecule has 0 aliphatic rings. The number of hydrogen-bond acceptors (Lipinski definition) is 2. The van der Waals surface area contributed by atoms with Gasteiger partial charge in [0.05, 0.1) is 18.2 Å². The fraction of sp³-hybridized carbons (Fsp3) is 0.333. The Bertz CT molecular complexity index is 331. The number of rotatable bonds is 3. The van der Waals surface area contributed by atoms with Crippen LogP contribution in [0.25, 0.3) is 0 Å².